The van der Waals surface area contributed by atoms with Gasteiger partial charge in [0.05, 0.1) is 19.4 Å². The van der Waals surface area contributed by atoms with E-state index in [1.165, 1.54) is 7.11 Å². The molecule has 1 rings (SSSR count). The summed E-state index contributed by atoms with van der Waals surface area (Å²) in [7, 11) is 1.27. The first-order valence-corrected chi connectivity index (χ1v) is 7.28. The number of methoxy groups -OCH3 is 1. The number of hydrogen-bond donors (Lipinski definition) is 2. The molecule has 0 unspecified atom stereocenters. The van der Waals surface area contributed by atoms with E-state index in [4.69, 9.17) is 10.5 Å². The van der Waals surface area contributed by atoms with E-state index in [9.17, 15) is 9.59 Å². The van der Waals surface area contributed by atoms with E-state index in [-0.39, 0.29) is 22.7 Å². The van der Waals surface area contributed by atoms with Crippen LogP contribution in [-0.2, 0) is 9.47 Å². The highest BCUT2D eigenvalue weighted by Gasteiger charge is 2.26. The molecule has 3 N–H and O–H groups in total. The lowest BCUT2D eigenvalue weighted by molar-refractivity contribution is 0.0529. The lowest BCUT2D eigenvalue weighted by Crippen LogP contribution is -2.11. The van der Waals surface area contributed by atoms with Crippen LogP contribution >= 0.6 is 11.3 Å². The Labute approximate surface area is 127 Å². The van der Waals surface area contributed by atoms with Crippen LogP contribution in [0.2, 0.25) is 0 Å². The van der Waals surface area contributed by atoms with E-state index in [0.29, 0.717) is 11.5 Å². The minimum atomic E-state index is -0.571. The summed E-state index contributed by atoms with van der Waals surface area (Å²) < 4.78 is 9.65. The molecule has 0 spiro atoms. The number of nitrogens with one attached hydrogen (secondary N) is 1. The third kappa shape index (κ3) is 4.22. The predicted octanol–water partition coefficient (Wildman–Crippen LogP) is 2.67. The molecule has 0 aliphatic heterocycles. The predicted molar refractivity (Wildman–Crippen MR) is 83.9 cm³/mol. The zero-order valence-corrected chi connectivity index (χ0v) is 13.4. The number of thiophene rings is 1. The van der Waals surface area contributed by atoms with Gasteiger partial charge in [-0.25, -0.2) is 9.59 Å². The topological polar surface area (TPSA) is 90.6 Å². The number of nitrogens with two attached hydrogens (primary N) is 1. The van der Waals surface area contributed by atoms with Gasteiger partial charge in [-0.1, -0.05) is 11.6 Å². The third-order valence-corrected chi connectivity index (χ3v) is 3.71. The van der Waals surface area contributed by atoms with Gasteiger partial charge in [0.25, 0.3) is 0 Å². The van der Waals surface area contributed by atoms with E-state index < -0.39 is 11.9 Å². The number of rotatable bonds is 6. The molecule has 0 atom stereocenters. The van der Waals surface area contributed by atoms with Gasteiger partial charge in [-0.15, -0.1) is 11.3 Å². The Balaban J connectivity index is 3.16. The fraction of sp³-hybridized carbons (Fsp3) is 0.429. The van der Waals surface area contributed by atoms with Crippen LogP contribution in [0, 0.1) is 0 Å². The molecule has 21 heavy (non-hydrogen) atoms. The maximum absolute atomic E-state index is 12.0. The maximum atomic E-state index is 12.0. The third-order valence-electron chi connectivity index (χ3n) is 2.57. The molecule has 0 saturated heterocycles. The van der Waals surface area contributed by atoms with Crippen LogP contribution < -0.4 is 11.1 Å². The maximum Gasteiger partial charge on any atom is 0.350 e. The van der Waals surface area contributed by atoms with Crippen molar-refractivity contribution in [3.63, 3.8) is 0 Å². The van der Waals surface area contributed by atoms with Crippen molar-refractivity contribution in [3.8, 4) is 0 Å². The van der Waals surface area contributed by atoms with Gasteiger partial charge in [-0.2, -0.15) is 0 Å². The van der Waals surface area contributed by atoms with Gasteiger partial charge in [0.15, 0.2) is 0 Å². The van der Waals surface area contributed by atoms with Crippen LogP contribution in [0.15, 0.2) is 11.6 Å². The summed E-state index contributed by atoms with van der Waals surface area (Å²) >= 11 is 1.08. The smallest absolute Gasteiger partial charge is 0.350 e. The molecule has 0 saturated carbocycles. The molecule has 0 radical (unpaired) electrons. The van der Waals surface area contributed by atoms with Crippen LogP contribution in [0.1, 0.15) is 40.8 Å². The van der Waals surface area contributed by atoms with Gasteiger partial charge in [0.1, 0.15) is 15.4 Å². The molecule has 0 aliphatic rings. The normalized spacial score (nSPS) is 9.90. The largest absolute Gasteiger partial charge is 0.465 e. The van der Waals surface area contributed by atoms with Gasteiger partial charge in [0, 0.05) is 6.54 Å². The van der Waals surface area contributed by atoms with Crippen LogP contribution in [0.5, 0.6) is 0 Å². The second kappa shape index (κ2) is 7.68. The number of ether oxygens (including phenoxy) is 2. The molecule has 1 heterocycles. The van der Waals surface area contributed by atoms with Crippen molar-refractivity contribution in [1.82, 2.24) is 0 Å². The van der Waals surface area contributed by atoms with E-state index >= 15 is 0 Å². The van der Waals surface area contributed by atoms with Gasteiger partial charge in [-0.3, -0.25) is 0 Å². The van der Waals surface area contributed by atoms with Crippen molar-refractivity contribution in [2.75, 3.05) is 31.3 Å². The van der Waals surface area contributed by atoms with Crippen molar-refractivity contribution in [2.45, 2.75) is 20.8 Å². The molecule has 1 aromatic heterocycles. The SMILES string of the molecule is CCOC(=O)c1c(NCC=C(C)C)sc(C(=O)OC)c1N. The standard InChI is InChI=1S/C14H20N2O4S/c1-5-20-13(17)9-10(15)11(14(18)19-4)21-12(9)16-7-6-8(2)3/h6,16H,5,7,15H2,1-4H3. The molecule has 1 aromatic rings. The average Bonchev–Trinajstić information content (AvgIpc) is 2.75. The summed E-state index contributed by atoms with van der Waals surface area (Å²) in [6.07, 6.45) is 1.96. The number of carbonyl (C=O) groups excluding carboxylic acids is 2. The van der Waals surface area contributed by atoms with Crippen molar-refractivity contribution < 1.29 is 19.1 Å². The summed E-state index contributed by atoms with van der Waals surface area (Å²) in [4.78, 5) is 23.9. The lowest BCUT2D eigenvalue weighted by Gasteiger charge is -2.06. The molecular weight excluding hydrogens is 292 g/mol. The van der Waals surface area contributed by atoms with Crippen LogP contribution in [-0.4, -0.2) is 32.2 Å². The highest BCUT2D eigenvalue weighted by atomic mass is 32.1. The Morgan fingerprint density at radius 3 is 2.52 bits per heavy atom. The van der Waals surface area contributed by atoms with E-state index in [2.05, 4.69) is 10.1 Å². The highest BCUT2D eigenvalue weighted by Crippen LogP contribution is 2.36. The number of allylic oxidation sites excluding steroid dienone is 1. The van der Waals surface area contributed by atoms with E-state index in [1.54, 1.807) is 6.92 Å². The number of hydrogen-bond acceptors (Lipinski definition) is 7. The van der Waals surface area contributed by atoms with E-state index in [1.807, 2.05) is 19.9 Å². The second-order valence-electron chi connectivity index (χ2n) is 4.42. The van der Waals surface area contributed by atoms with Crippen molar-refractivity contribution in [3.05, 3.63) is 22.1 Å². The fourth-order valence-electron chi connectivity index (χ4n) is 1.57. The van der Waals surface area contributed by atoms with Crippen molar-refractivity contribution in [1.29, 1.82) is 0 Å². The summed E-state index contributed by atoms with van der Waals surface area (Å²) in [5.41, 5.74) is 7.31. The molecule has 0 aromatic carbocycles. The minimum Gasteiger partial charge on any atom is -0.465 e. The molecule has 0 bridgehead atoms. The molecule has 6 nitrogen and oxygen atoms in total. The quantitative estimate of drug-likeness (QED) is 0.620. The number of anilines is 2. The zero-order chi connectivity index (χ0) is 16.0. The second-order valence-corrected chi connectivity index (χ2v) is 5.44. The molecule has 0 fully saturated rings. The molecular formula is C14H20N2O4S. The lowest BCUT2D eigenvalue weighted by atomic mass is 10.2. The minimum absolute atomic E-state index is 0.0880. The molecule has 0 aliphatic carbocycles. The number of carbonyl (C=O) groups is 2. The Kier molecular flexibility index (Phi) is 6.23. The summed E-state index contributed by atoms with van der Waals surface area (Å²) in [5, 5.41) is 3.58. The van der Waals surface area contributed by atoms with E-state index in [0.717, 1.165) is 16.9 Å². The molecule has 0 amide bonds. The van der Waals surface area contributed by atoms with Crippen molar-refractivity contribution in [2.24, 2.45) is 0 Å². The average molecular weight is 312 g/mol. The number of nitrogen functional groups attached to an aromatic ring is 1. The number of esters is 2. The van der Waals surface area contributed by atoms with Crippen molar-refractivity contribution >= 4 is 34.0 Å². The zero-order valence-electron chi connectivity index (χ0n) is 12.6. The van der Waals surface area contributed by atoms with Gasteiger partial charge in [-0.05, 0) is 20.8 Å². The van der Waals surface area contributed by atoms with Crippen LogP contribution in [0.25, 0.3) is 0 Å². The first-order valence-electron chi connectivity index (χ1n) is 6.47. The van der Waals surface area contributed by atoms with Gasteiger partial charge >= 0.3 is 11.9 Å². The Morgan fingerprint density at radius 1 is 1.33 bits per heavy atom. The summed E-state index contributed by atoms with van der Waals surface area (Å²) in [5.74, 6) is -1.13. The monoisotopic (exact) mass is 312 g/mol. The fourth-order valence-corrected chi connectivity index (χ4v) is 2.60. The van der Waals surface area contributed by atoms with Gasteiger partial charge < -0.3 is 20.5 Å². The molecule has 7 heteroatoms. The van der Waals surface area contributed by atoms with Gasteiger partial charge in [0.2, 0.25) is 0 Å². The van der Waals surface area contributed by atoms with Crippen LogP contribution in [0.3, 0.4) is 0 Å². The first kappa shape index (κ1) is 17.0. The summed E-state index contributed by atoms with van der Waals surface area (Å²) in [6.45, 7) is 6.40. The molecule has 116 valence electrons. The Bertz CT molecular complexity index is 560. The van der Waals surface area contributed by atoms with Crippen LogP contribution in [0.4, 0.5) is 10.7 Å². The Morgan fingerprint density at radius 2 is 2.00 bits per heavy atom. The Hall–Kier alpha value is -2.02. The highest BCUT2D eigenvalue weighted by molar-refractivity contribution is 7.19. The summed E-state index contributed by atoms with van der Waals surface area (Å²) in [6, 6.07) is 0. The first-order chi connectivity index (χ1) is 9.92.